The molecule has 110 valence electrons. The van der Waals surface area contributed by atoms with E-state index in [2.05, 4.69) is 5.32 Å². The highest BCUT2D eigenvalue weighted by Crippen LogP contribution is 2.43. The fourth-order valence-electron chi connectivity index (χ4n) is 4.15. The van der Waals surface area contributed by atoms with Crippen LogP contribution in [-0.2, 0) is 14.4 Å². The molecule has 0 radical (unpaired) electrons. The van der Waals surface area contributed by atoms with Crippen LogP contribution in [0.15, 0.2) is 0 Å². The van der Waals surface area contributed by atoms with Crippen LogP contribution in [0, 0.1) is 17.8 Å². The number of piperazine rings is 1. The molecule has 1 saturated heterocycles. The molecule has 1 N–H and O–H groups in total. The van der Waals surface area contributed by atoms with Crippen molar-refractivity contribution < 1.29 is 14.4 Å². The summed E-state index contributed by atoms with van der Waals surface area (Å²) >= 11 is 0. The Hall–Kier alpha value is -1.39. The van der Waals surface area contributed by atoms with Crippen molar-refractivity contribution in [1.29, 1.82) is 0 Å². The highest BCUT2D eigenvalue weighted by molar-refractivity contribution is 6.02. The van der Waals surface area contributed by atoms with Gasteiger partial charge in [-0.25, -0.2) is 0 Å². The van der Waals surface area contributed by atoms with Crippen molar-refractivity contribution in [3.05, 3.63) is 0 Å². The SMILES string of the molecule is O=C1CN(C(=O)C2CCC3CCCCC3C2)CC(=O)N1. The smallest absolute Gasteiger partial charge is 0.246 e. The van der Waals surface area contributed by atoms with Gasteiger partial charge in [0.25, 0.3) is 0 Å². The Morgan fingerprint density at radius 3 is 2.30 bits per heavy atom. The number of imide groups is 1. The quantitative estimate of drug-likeness (QED) is 0.730. The summed E-state index contributed by atoms with van der Waals surface area (Å²) in [7, 11) is 0. The van der Waals surface area contributed by atoms with Crippen LogP contribution < -0.4 is 5.32 Å². The zero-order valence-electron chi connectivity index (χ0n) is 11.8. The standard InChI is InChI=1S/C15H22N2O3/c18-13-8-17(9-14(19)16-13)15(20)12-6-5-10-3-1-2-4-11(10)7-12/h10-12H,1-9H2,(H,16,18,19). The maximum Gasteiger partial charge on any atom is 0.246 e. The van der Waals surface area contributed by atoms with E-state index in [9.17, 15) is 14.4 Å². The Balaban J connectivity index is 1.62. The van der Waals surface area contributed by atoms with Gasteiger partial charge in [0.15, 0.2) is 0 Å². The summed E-state index contributed by atoms with van der Waals surface area (Å²) in [6.45, 7) is 0.0737. The molecular weight excluding hydrogens is 256 g/mol. The van der Waals surface area contributed by atoms with E-state index in [-0.39, 0.29) is 36.7 Å². The summed E-state index contributed by atoms with van der Waals surface area (Å²) in [5, 5.41) is 2.24. The average molecular weight is 278 g/mol. The molecule has 2 aliphatic carbocycles. The minimum absolute atomic E-state index is 0.0113. The lowest BCUT2D eigenvalue weighted by Gasteiger charge is -2.40. The fourth-order valence-corrected chi connectivity index (χ4v) is 4.15. The molecule has 0 aromatic carbocycles. The number of hydrogen-bond donors (Lipinski definition) is 1. The van der Waals surface area contributed by atoms with E-state index < -0.39 is 0 Å². The van der Waals surface area contributed by atoms with Crippen molar-refractivity contribution >= 4 is 17.7 Å². The highest BCUT2D eigenvalue weighted by Gasteiger charge is 2.38. The molecule has 2 saturated carbocycles. The first-order valence-electron chi connectivity index (χ1n) is 7.75. The van der Waals surface area contributed by atoms with E-state index in [4.69, 9.17) is 0 Å². The van der Waals surface area contributed by atoms with Gasteiger partial charge in [0, 0.05) is 5.92 Å². The molecule has 0 aromatic heterocycles. The molecule has 5 heteroatoms. The first-order valence-corrected chi connectivity index (χ1v) is 7.75. The predicted molar refractivity (Wildman–Crippen MR) is 72.5 cm³/mol. The molecule has 0 spiro atoms. The Labute approximate surface area is 119 Å². The van der Waals surface area contributed by atoms with Gasteiger partial charge in [0.2, 0.25) is 17.7 Å². The summed E-state index contributed by atoms with van der Waals surface area (Å²) < 4.78 is 0. The number of fused-ring (bicyclic) bond motifs is 1. The Bertz CT molecular complexity index is 419. The molecule has 3 atom stereocenters. The number of rotatable bonds is 1. The van der Waals surface area contributed by atoms with Crippen LogP contribution in [0.1, 0.15) is 44.9 Å². The lowest BCUT2D eigenvalue weighted by atomic mass is 9.67. The van der Waals surface area contributed by atoms with Gasteiger partial charge in [0.1, 0.15) is 13.1 Å². The molecule has 20 heavy (non-hydrogen) atoms. The molecule has 3 unspecified atom stereocenters. The molecule has 0 aromatic rings. The summed E-state index contributed by atoms with van der Waals surface area (Å²) in [4.78, 5) is 36.7. The van der Waals surface area contributed by atoms with Crippen molar-refractivity contribution in [1.82, 2.24) is 10.2 Å². The molecule has 3 amide bonds. The van der Waals surface area contributed by atoms with Gasteiger partial charge in [-0.3, -0.25) is 19.7 Å². The highest BCUT2D eigenvalue weighted by atomic mass is 16.2. The van der Waals surface area contributed by atoms with Crippen molar-refractivity contribution in [2.24, 2.45) is 17.8 Å². The van der Waals surface area contributed by atoms with Crippen LogP contribution in [0.3, 0.4) is 0 Å². The molecular formula is C15H22N2O3. The second kappa shape index (κ2) is 5.54. The monoisotopic (exact) mass is 278 g/mol. The zero-order chi connectivity index (χ0) is 14.1. The van der Waals surface area contributed by atoms with Crippen LogP contribution in [0.4, 0.5) is 0 Å². The van der Waals surface area contributed by atoms with E-state index in [0.717, 1.165) is 25.2 Å². The van der Waals surface area contributed by atoms with Crippen molar-refractivity contribution in [2.45, 2.75) is 44.9 Å². The first kappa shape index (κ1) is 13.6. The van der Waals surface area contributed by atoms with Crippen molar-refractivity contribution in [3.8, 4) is 0 Å². The average Bonchev–Trinajstić information content (AvgIpc) is 2.45. The third-order valence-corrected chi connectivity index (χ3v) is 5.15. The van der Waals surface area contributed by atoms with E-state index in [1.807, 2.05) is 0 Å². The Morgan fingerprint density at radius 1 is 0.950 bits per heavy atom. The molecule has 0 bridgehead atoms. The Morgan fingerprint density at radius 2 is 1.60 bits per heavy atom. The Kier molecular flexibility index (Phi) is 3.76. The lowest BCUT2D eigenvalue weighted by Crippen LogP contribution is -2.55. The lowest BCUT2D eigenvalue weighted by molar-refractivity contribution is -0.148. The van der Waals surface area contributed by atoms with Gasteiger partial charge < -0.3 is 4.90 Å². The molecule has 3 fully saturated rings. The minimum Gasteiger partial charge on any atom is -0.324 e. The normalized spacial score (nSPS) is 34.4. The predicted octanol–water partition coefficient (Wildman–Crippen LogP) is 1.08. The zero-order valence-corrected chi connectivity index (χ0v) is 11.8. The van der Waals surface area contributed by atoms with E-state index in [1.54, 1.807) is 0 Å². The summed E-state index contributed by atoms with van der Waals surface area (Å²) in [6, 6.07) is 0. The van der Waals surface area contributed by atoms with Crippen LogP contribution in [0.5, 0.6) is 0 Å². The third-order valence-electron chi connectivity index (χ3n) is 5.15. The van der Waals surface area contributed by atoms with Crippen molar-refractivity contribution in [2.75, 3.05) is 13.1 Å². The second-order valence-corrected chi connectivity index (χ2v) is 6.48. The van der Waals surface area contributed by atoms with Gasteiger partial charge in [-0.05, 0) is 31.1 Å². The van der Waals surface area contributed by atoms with Crippen LogP contribution in [0.25, 0.3) is 0 Å². The number of carbonyl (C=O) groups excluding carboxylic acids is 3. The van der Waals surface area contributed by atoms with Crippen LogP contribution in [0.2, 0.25) is 0 Å². The van der Waals surface area contributed by atoms with Gasteiger partial charge in [-0.1, -0.05) is 25.7 Å². The molecule has 1 heterocycles. The first-order chi connectivity index (χ1) is 9.63. The third kappa shape index (κ3) is 2.72. The fraction of sp³-hybridized carbons (Fsp3) is 0.800. The summed E-state index contributed by atoms with van der Waals surface area (Å²) in [5.74, 6) is 0.798. The van der Waals surface area contributed by atoms with Crippen molar-refractivity contribution in [3.63, 3.8) is 0 Å². The van der Waals surface area contributed by atoms with Gasteiger partial charge in [-0.15, -0.1) is 0 Å². The molecule has 1 aliphatic heterocycles. The summed E-state index contributed by atoms with van der Waals surface area (Å²) in [5.41, 5.74) is 0. The maximum atomic E-state index is 12.5. The van der Waals surface area contributed by atoms with Gasteiger partial charge in [-0.2, -0.15) is 0 Å². The van der Waals surface area contributed by atoms with Crippen LogP contribution >= 0.6 is 0 Å². The number of nitrogens with zero attached hydrogens (tertiary/aromatic N) is 1. The topological polar surface area (TPSA) is 66.5 Å². The van der Waals surface area contributed by atoms with E-state index in [1.165, 1.54) is 30.6 Å². The van der Waals surface area contributed by atoms with Gasteiger partial charge in [0.05, 0.1) is 0 Å². The second-order valence-electron chi connectivity index (χ2n) is 6.48. The largest absolute Gasteiger partial charge is 0.324 e. The number of carbonyl (C=O) groups is 3. The van der Waals surface area contributed by atoms with Gasteiger partial charge >= 0.3 is 0 Å². The van der Waals surface area contributed by atoms with E-state index in [0.29, 0.717) is 5.92 Å². The molecule has 5 nitrogen and oxygen atoms in total. The van der Waals surface area contributed by atoms with Crippen LogP contribution in [-0.4, -0.2) is 35.7 Å². The molecule has 3 aliphatic rings. The maximum absolute atomic E-state index is 12.5. The minimum atomic E-state index is -0.360. The summed E-state index contributed by atoms with van der Waals surface area (Å²) in [6.07, 6.45) is 8.19. The number of nitrogens with one attached hydrogen (secondary N) is 1. The van der Waals surface area contributed by atoms with E-state index >= 15 is 0 Å². The molecule has 3 rings (SSSR count). The number of amides is 3. The number of hydrogen-bond acceptors (Lipinski definition) is 3.